The van der Waals surface area contributed by atoms with Crippen molar-refractivity contribution < 1.29 is 15.0 Å². The summed E-state index contributed by atoms with van der Waals surface area (Å²) in [6, 6.07) is 9.03. The minimum absolute atomic E-state index is 0.159. The van der Waals surface area contributed by atoms with Crippen LogP contribution >= 0.6 is 0 Å². The van der Waals surface area contributed by atoms with Crippen LogP contribution in [0.15, 0.2) is 30.3 Å². The largest absolute Gasteiger partial charge is 0.393 e. The predicted molar refractivity (Wildman–Crippen MR) is 72.8 cm³/mol. The van der Waals surface area contributed by atoms with Gasteiger partial charge in [-0.2, -0.15) is 0 Å². The van der Waals surface area contributed by atoms with Crippen LogP contribution in [0.5, 0.6) is 0 Å². The summed E-state index contributed by atoms with van der Waals surface area (Å²) in [5.74, 6) is -0.976. The van der Waals surface area contributed by atoms with Crippen LogP contribution in [-0.2, 0) is 0 Å². The van der Waals surface area contributed by atoms with Gasteiger partial charge in [0.15, 0.2) is 0 Å². The zero-order valence-corrected chi connectivity index (χ0v) is 10.9. The summed E-state index contributed by atoms with van der Waals surface area (Å²) in [7, 11) is 0. The molecule has 6 nitrogen and oxygen atoms in total. The summed E-state index contributed by atoms with van der Waals surface area (Å²) in [5.41, 5.74) is 7.68. The molecule has 0 saturated heterocycles. The van der Waals surface area contributed by atoms with E-state index in [1.807, 2.05) is 31.2 Å². The highest BCUT2D eigenvalue weighted by atomic mass is 16.3. The van der Waals surface area contributed by atoms with Gasteiger partial charge in [-0.3, -0.25) is 4.79 Å². The number of carbonyl (C=O) groups is 1. The minimum atomic E-state index is -1.18. The first-order chi connectivity index (χ1) is 9.51. The molecule has 0 saturated carbocycles. The van der Waals surface area contributed by atoms with Gasteiger partial charge in [-0.15, -0.1) is 0 Å². The molecule has 6 heteroatoms. The minimum Gasteiger partial charge on any atom is -0.393 e. The maximum absolute atomic E-state index is 11.3. The molecule has 0 radical (unpaired) electrons. The van der Waals surface area contributed by atoms with E-state index in [9.17, 15) is 9.90 Å². The maximum atomic E-state index is 11.3. The number of nitrogens with zero attached hydrogens (tertiary/aromatic N) is 2. The molecule has 1 unspecified atom stereocenters. The quantitative estimate of drug-likeness (QED) is 0.754. The molecule has 2 aromatic rings. The normalized spacial score (nSPS) is 12.2. The Morgan fingerprint density at radius 1 is 1.30 bits per heavy atom. The fourth-order valence-corrected chi connectivity index (χ4v) is 1.71. The number of aryl methyl sites for hydroxylation is 1. The molecule has 0 spiro atoms. The van der Waals surface area contributed by atoms with Gasteiger partial charge in [0.05, 0.1) is 18.0 Å². The second-order valence-corrected chi connectivity index (χ2v) is 4.43. The fourth-order valence-electron chi connectivity index (χ4n) is 1.71. The first-order valence-corrected chi connectivity index (χ1v) is 6.06. The van der Waals surface area contributed by atoms with E-state index in [1.54, 1.807) is 0 Å². The predicted octanol–water partition coefficient (Wildman–Crippen LogP) is 0.577. The number of benzene rings is 1. The van der Waals surface area contributed by atoms with E-state index in [0.29, 0.717) is 5.69 Å². The van der Waals surface area contributed by atoms with Gasteiger partial charge in [-0.25, -0.2) is 9.97 Å². The molecule has 4 N–H and O–H groups in total. The lowest BCUT2D eigenvalue weighted by Gasteiger charge is -2.10. The highest BCUT2D eigenvalue weighted by Crippen LogP contribution is 2.21. The number of aliphatic hydroxyl groups excluding tert-OH is 2. The van der Waals surface area contributed by atoms with Crippen molar-refractivity contribution in [1.29, 1.82) is 0 Å². The van der Waals surface area contributed by atoms with Crippen LogP contribution in [0.25, 0.3) is 11.3 Å². The summed E-state index contributed by atoms with van der Waals surface area (Å²) in [6.07, 6.45) is -1.18. The Kier molecular flexibility index (Phi) is 4.07. The van der Waals surface area contributed by atoms with Crippen LogP contribution in [0.3, 0.4) is 0 Å². The van der Waals surface area contributed by atoms with Gasteiger partial charge in [0.25, 0.3) is 5.91 Å². The van der Waals surface area contributed by atoms with Crippen LogP contribution in [0.4, 0.5) is 0 Å². The molecule has 1 aromatic carbocycles. The molecule has 2 rings (SSSR count). The van der Waals surface area contributed by atoms with Crippen molar-refractivity contribution in [3.8, 4) is 11.3 Å². The number of carbonyl (C=O) groups excluding carboxylic acids is 1. The Balaban J connectivity index is 2.54. The Morgan fingerprint density at radius 2 is 1.95 bits per heavy atom. The molecule has 0 aliphatic rings. The number of aliphatic hydroxyl groups is 2. The zero-order valence-electron chi connectivity index (χ0n) is 10.9. The van der Waals surface area contributed by atoms with Gasteiger partial charge < -0.3 is 15.9 Å². The summed E-state index contributed by atoms with van der Waals surface area (Å²) in [5, 5.41) is 18.6. The molecule has 1 heterocycles. The molecule has 0 aliphatic carbocycles. The summed E-state index contributed by atoms with van der Waals surface area (Å²) in [6.45, 7) is 1.46. The van der Waals surface area contributed by atoms with Crippen molar-refractivity contribution in [3.05, 3.63) is 47.4 Å². The Bertz CT molecular complexity index is 626. The van der Waals surface area contributed by atoms with Crippen molar-refractivity contribution in [2.45, 2.75) is 13.0 Å². The molecular formula is C14H15N3O3. The van der Waals surface area contributed by atoms with Crippen molar-refractivity contribution >= 4 is 5.91 Å². The summed E-state index contributed by atoms with van der Waals surface area (Å²) < 4.78 is 0. The standard InChI is InChI=1S/C14H15N3O3/c1-8-2-4-9(5-3-8)10-6-11(12(19)7-18)17-14(16-10)13(15)20/h2-6,12,18-19H,7H2,1H3,(H2,15,20). The topological polar surface area (TPSA) is 109 Å². The number of amides is 1. The van der Waals surface area contributed by atoms with Gasteiger partial charge in [0.1, 0.15) is 6.10 Å². The summed E-state index contributed by atoms with van der Waals surface area (Å²) in [4.78, 5) is 19.2. The monoisotopic (exact) mass is 273 g/mol. The van der Waals surface area contributed by atoms with E-state index in [-0.39, 0.29) is 11.5 Å². The Hall–Kier alpha value is -2.31. The second-order valence-electron chi connectivity index (χ2n) is 4.43. The molecule has 0 aliphatic heterocycles. The van der Waals surface area contributed by atoms with E-state index in [2.05, 4.69) is 9.97 Å². The molecule has 1 aromatic heterocycles. The number of primary amides is 1. The molecule has 104 valence electrons. The summed E-state index contributed by atoms with van der Waals surface area (Å²) >= 11 is 0. The van der Waals surface area contributed by atoms with Crippen LogP contribution in [-0.4, -0.2) is 32.7 Å². The lowest BCUT2D eigenvalue weighted by atomic mass is 10.1. The van der Waals surface area contributed by atoms with Crippen LogP contribution in [0.2, 0.25) is 0 Å². The average molecular weight is 273 g/mol. The SMILES string of the molecule is Cc1ccc(-c2cc(C(O)CO)nc(C(N)=O)n2)cc1. The number of hydrogen-bond acceptors (Lipinski definition) is 5. The molecule has 1 amide bonds. The molecule has 1 atom stereocenters. The van der Waals surface area contributed by atoms with E-state index >= 15 is 0 Å². The van der Waals surface area contributed by atoms with E-state index in [1.165, 1.54) is 6.07 Å². The molecular weight excluding hydrogens is 258 g/mol. The first-order valence-electron chi connectivity index (χ1n) is 6.06. The number of nitrogens with two attached hydrogens (primary N) is 1. The lowest BCUT2D eigenvalue weighted by Crippen LogP contribution is -2.18. The van der Waals surface area contributed by atoms with E-state index in [0.717, 1.165) is 11.1 Å². The molecule has 0 fully saturated rings. The van der Waals surface area contributed by atoms with Gasteiger partial charge >= 0.3 is 0 Å². The fraction of sp³-hybridized carbons (Fsp3) is 0.214. The molecule has 0 bridgehead atoms. The third-order valence-electron chi connectivity index (χ3n) is 2.83. The number of rotatable bonds is 4. The van der Waals surface area contributed by atoms with Crippen molar-refractivity contribution in [2.24, 2.45) is 5.73 Å². The van der Waals surface area contributed by atoms with E-state index < -0.39 is 18.6 Å². The Morgan fingerprint density at radius 3 is 2.50 bits per heavy atom. The lowest BCUT2D eigenvalue weighted by molar-refractivity contribution is 0.0909. The number of hydrogen-bond donors (Lipinski definition) is 3. The highest BCUT2D eigenvalue weighted by Gasteiger charge is 2.15. The smallest absolute Gasteiger partial charge is 0.286 e. The maximum Gasteiger partial charge on any atom is 0.286 e. The van der Waals surface area contributed by atoms with Crippen LogP contribution in [0.1, 0.15) is 28.0 Å². The first kappa shape index (κ1) is 14.1. The zero-order chi connectivity index (χ0) is 14.7. The third-order valence-corrected chi connectivity index (χ3v) is 2.83. The average Bonchev–Trinajstić information content (AvgIpc) is 2.46. The van der Waals surface area contributed by atoms with Crippen LogP contribution in [0, 0.1) is 6.92 Å². The third kappa shape index (κ3) is 2.98. The van der Waals surface area contributed by atoms with Crippen molar-refractivity contribution in [1.82, 2.24) is 9.97 Å². The van der Waals surface area contributed by atoms with E-state index in [4.69, 9.17) is 10.8 Å². The van der Waals surface area contributed by atoms with Crippen LogP contribution < -0.4 is 5.73 Å². The second kappa shape index (κ2) is 5.77. The van der Waals surface area contributed by atoms with Gasteiger partial charge in [-0.1, -0.05) is 29.8 Å². The van der Waals surface area contributed by atoms with Crippen molar-refractivity contribution in [2.75, 3.05) is 6.61 Å². The highest BCUT2D eigenvalue weighted by molar-refractivity contribution is 5.89. The molecule has 20 heavy (non-hydrogen) atoms. The van der Waals surface area contributed by atoms with Gasteiger partial charge in [-0.05, 0) is 13.0 Å². The van der Waals surface area contributed by atoms with Crippen molar-refractivity contribution in [3.63, 3.8) is 0 Å². The Labute approximate surface area is 115 Å². The van der Waals surface area contributed by atoms with Gasteiger partial charge in [0.2, 0.25) is 5.82 Å². The van der Waals surface area contributed by atoms with Gasteiger partial charge in [0, 0.05) is 5.56 Å². The number of aromatic nitrogens is 2.